The Hall–Kier alpha value is -2.47. The normalized spacial score (nSPS) is 9.85. The average molecular weight is 289 g/mol. The molecule has 0 fully saturated rings. The molecule has 0 aliphatic heterocycles. The molecule has 2 rings (SSSR count). The first kappa shape index (κ1) is 14.0. The minimum atomic E-state index is -0.483. The Morgan fingerprint density at radius 3 is 1.85 bits per heavy atom. The van der Waals surface area contributed by atoms with Gasteiger partial charge in [-0.15, -0.1) is 0 Å². The van der Waals surface area contributed by atoms with Crippen molar-refractivity contribution < 1.29 is 9.18 Å². The fraction of sp³-hybridized carbons (Fsp3) is 0. The van der Waals surface area contributed by atoms with E-state index in [0.29, 0.717) is 16.4 Å². The van der Waals surface area contributed by atoms with Crippen molar-refractivity contribution in [2.75, 3.05) is 10.6 Å². The van der Waals surface area contributed by atoms with E-state index < -0.39 is 5.91 Å². The third-order valence-corrected chi connectivity index (χ3v) is 2.73. The van der Waals surface area contributed by atoms with Crippen LogP contribution < -0.4 is 16.4 Å². The van der Waals surface area contributed by atoms with Gasteiger partial charge in [-0.05, 0) is 60.7 Å². The summed E-state index contributed by atoms with van der Waals surface area (Å²) in [5, 5.41) is 6.23. The van der Waals surface area contributed by atoms with Crippen molar-refractivity contribution in [2.45, 2.75) is 0 Å². The van der Waals surface area contributed by atoms with Crippen LogP contribution in [-0.2, 0) is 0 Å². The highest BCUT2D eigenvalue weighted by Gasteiger charge is 2.02. The van der Waals surface area contributed by atoms with Crippen LogP contribution in [0.4, 0.5) is 15.8 Å². The third kappa shape index (κ3) is 3.76. The molecule has 1 amide bonds. The Morgan fingerprint density at radius 1 is 0.950 bits per heavy atom. The van der Waals surface area contributed by atoms with E-state index in [4.69, 9.17) is 18.0 Å². The number of carbonyl (C=O) groups is 1. The summed E-state index contributed by atoms with van der Waals surface area (Å²) in [6, 6.07) is 12.4. The van der Waals surface area contributed by atoms with E-state index in [1.54, 1.807) is 36.4 Å². The fourth-order valence-electron chi connectivity index (χ4n) is 1.54. The molecule has 0 saturated heterocycles. The second kappa shape index (κ2) is 6.12. The van der Waals surface area contributed by atoms with E-state index in [-0.39, 0.29) is 5.82 Å². The predicted molar refractivity (Wildman–Crippen MR) is 81.2 cm³/mol. The minimum Gasteiger partial charge on any atom is -0.366 e. The predicted octanol–water partition coefficient (Wildman–Crippen LogP) is 2.73. The van der Waals surface area contributed by atoms with Gasteiger partial charge in [0.15, 0.2) is 5.11 Å². The fourth-order valence-corrected chi connectivity index (χ4v) is 1.78. The molecule has 2 aromatic rings. The molecule has 0 unspecified atom stereocenters. The van der Waals surface area contributed by atoms with Crippen molar-refractivity contribution in [3.8, 4) is 0 Å². The lowest BCUT2D eigenvalue weighted by atomic mass is 10.2. The van der Waals surface area contributed by atoms with Crippen molar-refractivity contribution in [3.05, 3.63) is 59.9 Å². The molecule has 20 heavy (non-hydrogen) atoms. The molecule has 0 aromatic heterocycles. The van der Waals surface area contributed by atoms with E-state index in [1.807, 2.05) is 0 Å². The molecule has 0 spiro atoms. The number of primary amides is 1. The summed E-state index contributed by atoms with van der Waals surface area (Å²) >= 11 is 5.13. The zero-order valence-corrected chi connectivity index (χ0v) is 11.2. The third-order valence-electron chi connectivity index (χ3n) is 2.53. The number of thiocarbonyl (C=S) groups is 1. The largest absolute Gasteiger partial charge is 0.366 e. The summed E-state index contributed by atoms with van der Waals surface area (Å²) < 4.78 is 12.8. The Morgan fingerprint density at radius 2 is 1.40 bits per heavy atom. The van der Waals surface area contributed by atoms with Gasteiger partial charge in [-0.25, -0.2) is 4.39 Å². The second-order valence-corrected chi connectivity index (χ2v) is 4.44. The number of carbonyl (C=O) groups excluding carboxylic acids is 1. The monoisotopic (exact) mass is 289 g/mol. The number of halogens is 1. The van der Waals surface area contributed by atoms with E-state index in [1.165, 1.54) is 12.1 Å². The molecule has 4 nitrogen and oxygen atoms in total. The summed E-state index contributed by atoms with van der Waals surface area (Å²) in [7, 11) is 0. The molecule has 0 aliphatic carbocycles. The van der Waals surface area contributed by atoms with Gasteiger partial charge in [0.2, 0.25) is 5.91 Å². The van der Waals surface area contributed by atoms with Gasteiger partial charge in [0, 0.05) is 16.9 Å². The number of nitrogens with one attached hydrogen (secondary N) is 2. The Balaban J connectivity index is 1.97. The van der Waals surface area contributed by atoms with Gasteiger partial charge in [-0.1, -0.05) is 0 Å². The molecule has 4 N–H and O–H groups in total. The maximum absolute atomic E-state index is 12.8. The van der Waals surface area contributed by atoms with Crippen molar-refractivity contribution in [1.82, 2.24) is 0 Å². The molecule has 0 bridgehead atoms. The van der Waals surface area contributed by atoms with Crippen molar-refractivity contribution >= 4 is 34.6 Å². The van der Waals surface area contributed by atoms with Gasteiger partial charge in [-0.2, -0.15) is 0 Å². The summed E-state index contributed by atoms with van der Waals surface area (Å²) in [6.07, 6.45) is 0. The smallest absolute Gasteiger partial charge is 0.248 e. The maximum Gasteiger partial charge on any atom is 0.248 e. The van der Waals surface area contributed by atoms with Crippen LogP contribution in [0, 0.1) is 5.82 Å². The zero-order valence-electron chi connectivity index (χ0n) is 10.4. The Kier molecular flexibility index (Phi) is 4.27. The van der Waals surface area contributed by atoms with Crippen LogP contribution in [-0.4, -0.2) is 11.0 Å². The standard InChI is InChI=1S/C14H12FN3OS/c15-10-3-7-12(8-4-10)18-14(20)17-11-5-1-9(2-6-11)13(16)19/h1-8H,(H2,16,19)(H2,17,18,20). The molecule has 6 heteroatoms. The van der Waals surface area contributed by atoms with Crippen LogP contribution in [0.2, 0.25) is 0 Å². The summed E-state index contributed by atoms with van der Waals surface area (Å²) in [5.74, 6) is -0.792. The number of hydrogen-bond donors (Lipinski definition) is 3. The second-order valence-electron chi connectivity index (χ2n) is 4.03. The van der Waals surface area contributed by atoms with Crippen molar-refractivity contribution in [1.29, 1.82) is 0 Å². The number of anilines is 2. The number of rotatable bonds is 3. The van der Waals surface area contributed by atoms with Gasteiger partial charge in [0.05, 0.1) is 0 Å². The van der Waals surface area contributed by atoms with E-state index in [2.05, 4.69) is 10.6 Å². The summed E-state index contributed by atoms with van der Waals surface area (Å²) in [4.78, 5) is 10.9. The molecule has 0 saturated carbocycles. The highest BCUT2D eigenvalue weighted by atomic mass is 32.1. The van der Waals surface area contributed by atoms with Crippen LogP contribution in [0.15, 0.2) is 48.5 Å². The van der Waals surface area contributed by atoms with Crippen LogP contribution >= 0.6 is 12.2 Å². The average Bonchev–Trinajstić information content (AvgIpc) is 2.42. The lowest BCUT2D eigenvalue weighted by Crippen LogP contribution is -2.19. The minimum absolute atomic E-state index is 0.309. The molecule has 102 valence electrons. The number of hydrogen-bond acceptors (Lipinski definition) is 2. The first-order valence-electron chi connectivity index (χ1n) is 5.78. The lowest BCUT2D eigenvalue weighted by molar-refractivity contribution is 0.100. The first-order chi connectivity index (χ1) is 9.54. The van der Waals surface area contributed by atoms with Gasteiger partial charge < -0.3 is 16.4 Å². The molecule has 2 aromatic carbocycles. The number of nitrogens with two attached hydrogens (primary N) is 1. The molecular weight excluding hydrogens is 277 g/mol. The van der Waals surface area contributed by atoms with Gasteiger partial charge in [-0.3, -0.25) is 4.79 Å². The van der Waals surface area contributed by atoms with Gasteiger partial charge in [0.1, 0.15) is 5.82 Å². The Bertz CT molecular complexity index is 626. The van der Waals surface area contributed by atoms with Crippen LogP contribution in [0.1, 0.15) is 10.4 Å². The number of benzene rings is 2. The highest BCUT2D eigenvalue weighted by molar-refractivity contribution is 7.80. The Labute approximate surface area is 120 Å². The molecule has 0 aliphatic rings. The van der Waals surface area contributed by atoms with Gasteiger partial charge in [0.25, 0.3) is 0 Å². The van der Waals surface area contributed by atoms with Crippen molar-refractivity contribution in [2.24, 2.45) is 5.73 Å². The summed E-state index contributed by atoms with van der Waals surface area (Å²) in [6.45, 7) is 0. The van der Waals surface area contributed by atoms with E-state index >= 15 is 0 Å². The zero-order chi connectivity index (χ0) is 14.5. The highest BCUT2D eigenvalue weighted by Crippen LogP contribution is 2.12. The van der Waals surface area contributed by atoms with Crippen molar-refractivity contribution in [3.63, 3.8) is 0 Å². The van der Waals surface area contributed by atoms with Crippen LogP contribution in [0.5, 0.6) is 0 Å². The number of amides is 1. The topological polar surface area (TPSA) is 67.2 Å². The lowest BCUT2D eigenvalue weighted by Gasteiger charge is -2.10. The maximum atomic E-state index is 12.8. The molecular formula is C14H12FN3OS. The van der Waals surface area contributed by atoms with E-state index in [0.717, 1.165) is 5.69 Å². The quantitative estimate of drug-likeness (QED) is 0.760. The SMILES string of the molecule is NC(=O)c1ccc(NC(=S)Nc2ccc(F)cc2)cc1. The molecule has 0 heterocycles. The molecule has 0 radical (unpaired) electrons. The van der Waals surface area contributed by atoms with Gasteiger partial charge >= 0.3 is 0 Å². The van der Waals surface area contributed by atoms with E-state index in [9.17, 15) is 9.18 Å². The first-order valence-corrected chi connectivity index (χ1v) is 6.19. The molecule has 0 atom stereocenters. The van der Waals surface area contributed by atoms with Crippen LogP contribution in [0.25, 0.3) is 0 Å². The van der Waals surface area contributed by atoms with Crippen LogP contribution in [0.3, 0.4) is 0 Å². The summed E-state index contributed by atoms with van der Waals surface area (Å²) in [5.41, 5.74) is 6.97.